The van der Waals surface area contributed by atoms with Gasteiger partial charge in [0.05, 0.1) is 10.9 Å². The minimum absolute atomic E-state index is 0.000588. The number of piperidine rings is 1. The number of fused-ring (bicyclic) bond motifs is 2. The third-order valence-corrected chi connectivity index (χ3v) is 6.18. The quantitative estimate of drug-likeness (QED) is 0.490. The molecule has 1 aromatic carbocycles. The van der Waals surface area contributed by atoms with Gasteiger partial charge in [0.25, 0.3) is 5.88 Å². The van der Waals surface area contributed by atoms with E-state index in [9.17, 15) is 0 Å². The molecular weight excluding hydrogens is 403 g/mol. The summed E-state index contributed by atoms with van der Waals surface area (Å²) in [7, 11) is 0. The van der Waals surface area contributed by atoms with Crippen molar-refractivity contribution < 1.29 is 9.13 Å². The Hall–Kier alpha value is -2.78. The molecule has 156 valence electrons. The van der Waals surface area contributed by atoms with Crippen molar-refractivity contribution in [1.29, 1.82) is 0 Å². The second kappa shape index (κ2) is 7.81. The molecule has 1 aliphatic heterocycles. The number of nitrogens with zero attached hydrogens (tertiary/aromatic N) is 4. The molecule has 9 heteroatoms. The monoisotopic (exact) mass is 426 g/mol. The van der Waals surface area contributed by atoms with Gasteiger partial charge in [0, 0.05) is 17.5 Å². The molecule has 0 aliphatic carbocycles. The number of nitrogens with one attached hydrogen (secondary N) is 2. The Kier molecular flexibility index (Phi) is 5.00. The summed E-state index contributed by atoms with van der Waals surface area (Å²) in [4.78, 5) is 4.52. The third-order valence-electron chi connectivity index (χ3n) is 5.35. The highest BCUT2D eigenvalue weighted by Crippen LogP contribution is 2.34. The standard InChI is InChI=1S/C21H23FN6OS/c1-12(2)15-11-24-28-19(15)26-21(29-13-6-5-9-23-10-13)17(22)20(28)25-18-14-7-3-4-8-16(14)30-27-18/h3-4,7-8,11-13,23H,5-6,9-10H2,1-2H3,(H,25,27)/t13-/m0/s1. The Morgan fingerprint density at radius 3 is 3.00 bits per heavy atom. The predicted molar refractivity (Wildman–Crippen MR) is 116 cm³/mol. The molecule has 1 fully saturated rings. The van der Waals surface area contributed by atoms with Gasteiger partial charge >= 0.3 is 0 Å². The largest absolute Gasteiger partial charge is 0.471 e. The Bertz CT molecular complexity index is 1200. The maximum atomic E-state index is 15.6. The summed E-state index contributed by atoms with van der Waals surface area (Å²) in [5.41, 5.74) is 1.53. The lowest BCUT2D eigenvalue weighted by Gasteiger charge is -2.24. The van der Waals surface area contributed by atoms with Crippen molar-refractivity contribution in [3.8, 4) is 5.88 Å². The molecular formula is C21H23FN6OS. The van der Waals surface area contributed by atoms with Crippen LogP contribution in [0.25, 0.3) is 15.7 Å². The Morgan fingerprint density at radius 1 is 1.33 bits per heavy atom. The van der Waals surface area contributed by atoms with E-state index in [4.69, 9.17) is 4.74 Å². The smallest absolute Gasteiger partial charge is 0.256 e. The SMILES string of the molecule is CC(C)c1cnn2c(Nc3nsc4ccccc34)c(F)c(O[C@H]3CCCNC3)nc12. The van der Waals surface area contributed by atoms with Gasteiger partial charge in [-0.3, -0.25) is 0 Å². The van der Waals surface area contributed by atoms with Crippen LogP contribution in [-0.2, 0) is 0 Å². The molecule has 0 unspecified atom stereocenters. The lowest BCUT2D eigenvalue weighted by molar-refractivity contribution is 0.153. The Morgan fingerprint density at radius 2 is 2.20 bits per heavy atom. The van der Waals surface area contributed by atoms with Crippen LogP contribution in [0.2, 0.25) is 0 Å². The molecule has 4 heterocycles. The molecule has 0 radical (unpaired) electrons. The van der Waals surface area contributed by atoms with E-state index in [1.807, 2.05) is 24.3 Å². The van der Waals surface area contributed by atoms with Crippen LogP contribution in [0.4, 0.5) is 16.0 Å². The van der Waals surface area contributed by atoms with E-state index in [0.717, 1.165) is 35.0 Å². The van der Waals surface area contributed by atoms with Gasteiger partial charge in [0.15, 0.2) is 17.3 Å². The summed E-state index contributed by atoms with van der Waals surface area (Å²) in [6, 6.07) is 7.86. The number of rotatable bonds is 5. The van der Waals surface area contributed by atoms with Gasteiger partial charge in [-0.1, -0.05) is 26.0 Å². The van der Waals surface area contributed by atoms with E-state index in [-0.39, 0.29) is 23.7 Å². The Balaban J connectivity index is 1.62. The summed E-state index contributed by atoms with van der Waals surface area (Å²) in [5, 5.41) is 11.8. The average molecular weight is 427 g/mol. The second-order valence-corrected chi connectivity index (χ2v) is 8.61. The average Bonchev–Trinajstić information content (AvgIpc) is 3.36. The van der Waals surface area contributed by atoms with Crippen LogP contribution in [0.15, 0.2) is 30.5 Å². The van der Waals surface area contributed by atoms with Crippen LogP contribution < -0.4 is 15.4 Å². The van der Waals surface area contributed by atoms with Crippen molar-refractivity contribution in [1.82, 2.24) is 24.3 Å². The van der Waals surface area contributed by atoms with E-state index in [1.165, 1.54) is 16.0 Å². The summed E-state index contributed by atoms with van der Waals surface area (Å²) >= 11 is 1.37. The first-order chi connectivity index (χ1) is 14.6. The van der Waals surface area contributed by atoms with Gasteiger partial charge in [0.1, 0.15) is 6.10 Å². The first-order valence-corrected chi connectivity index (χ1v) is 10.9. The normalized spacial score (nSPS) is 17.1. The molecule has 0 bridgehead atoms. The minimum Gasteiger partial charge on any atom is -0.471 e. The van der Waals surface area contributed by atoms with Gasteiger partial charge < -0.3 is 15.4 Å². The maximum Gasteiger partial charge on any atom is 0.256 e. The molecule has 2 N–H and O–H groups in total. The predicted octanol–water partition coefficient (Wildman–Crippen LogP) is 4.48. The van der Waals surface area contributed by atoms with Gasteiger partial charge in [-0.2, -0.15) is 23.4 Å². The number of aromatic nitrogens is 4. The van der Waals surface area contributed by atoms with Crippen molar-refractivity contribution in [2.24, 2.45) is 0 Å². The second-order valence-electron chi connectivity index (χ2n) is 7.81. The van der Waals surface area contributed by atoms with Crippen molar-refractivity contribution in [2.45, 2.75) is 38.7 Å². The molecule has 30 heavy (non-hydrogen) atoms. The van der Waals surface area contributed by atoms with Crippen molar-refractivity contribution in [3.05, 3.63) is 41.8 Å². The molecule has 3 aromatic heterocycles. The van der Waals surface area contributed by atoms with Gasteiger partial charge in [-0.15, -0.1) is 0 Å². The molecule has 4 aromatic rings. The molecule has 0 spiro atoms. The fraction of sp³-hybridized carbons (Fsp3) is 0.381. The van der Waals surface area contributed by atoms with E-state index < -0.39 is 5.82 Å². The Labute approximate surface area is 177 Å². The van der Waals surface area contributed by atoms with E-state index in [0.29, 0.717) is 18.0 Å². The third kappa shape index (κ3) is 3.37. The van der Waals surface area contributed by atoms with Crippen LogP contribution in [0.5, 0.6) is 5.88 Å². The lowest BCUT2D eigenvalue weighted by atomic mass is 10.1. The first-order valence-electron chi connectivity index (χ1n) is 10.2. The van der Waals surface area contributed by atoms with Crippen LogP contribution >= 0.6 is 11.5 Å². The maximum absolute atomic E-state index is 15.6. The molecule has 1 atom stereocenters. The fourth-order valence-corrected chi connectivity index (χ4v) is 4.47. The van der Waals surface area contributed by atoms with Crippen LogP contribution in [-0.4, -0.2) is 38.2 Å². The van der Waals surface area contributed by atoms with Gasteiger partial charge in [-0.05, 0) is 49.0 Å². The van der Waals surface area contributed by atoms with Crippen LogP contribution in [0.3, 0.4) is 0 Å². The zero-order chi connectivity index (χ0) is 20.7. The molecule has 1 aliphatic rings. The molecule has 5 rings (SSSR count). The molecule has 0 saturated carbocycles. The highest BCUT2D eigenvalue weighted by atomic mass is 32.1. The lowest BCUT2D eigenvalue weighted by Crippen LogP contribution is -2.37. The summed E-state index contributed by atoms with van der Waals surface area (Å²) < 4.78 is 28.6. The summed E-state index contributed by atoms with van der Waals surface area (Å²) in [6.07, 6.45) is 3.49. The zero-order valence-electron chi connectivity index (χ0n) is 16.9. The summed E-state index contributed by atoms with van der Waals surface area (Å²) in [5.74, 6) is 0.400. The van der Waals surface area contributed by atoms with Crippen LogP contribution in [0.1, 0.15) is 38.2 Å². The molecule has 7 nitrogen and oxygen atoms in total. The van der Waals surface area contributed by atoms with Gasteiger partial charge in [0.2, 0.25) is 5.82 Å². The minimum atomic E-state index is -0.566. The highest BCUT2D eigenvalue weighted by Gasteiger charge is 2.25. The summed E-state index contributed by atoms with van der Waals surface area (Å²) in [6.45, 7) is 5.77. The molecule has 1 saturated heterocycles. The van der Waals surface area contributed by atoms with E-state index in [2.05, 4.69) is 38.9 Å². The number of halogens is 1. The van der Waals surface area contributed by atoms with Crippen LogP contribution in [0, 0.1) is 5.82 Å². The van der Waals surface area contributed by atoms with E-state index in [1.54, 1.807) is 6.20 Å². The van der Waals surface area contributed by atoms with Crippen molar-refractivity contribution >= 4 is 38.9 Å². The first kappa shape index (κ1) is 19.2. The topological polar surface area (TPSA) is 76.4 Å². The highest BCUT2D eigenvalue weighted by molar-refractivity contribution is 7.13. The van der Waals surface area contributed by atoms with E-state index >= 15 is 4.39 Å². The van der Waals surface area contributed by atoms with Crippen molar-refractivity contribution in [3.63, 3.8) is 0 Å². The number of hydrogen-bond donors (Lipinski definition) is 2. The number of anilines is 2. The number of benzene rings is 1. The van der Waals surface area contributed by atoms with Crippen molar-refractivity contribution in [2.75, 3.05) is 18.4 Å². The fourth-order valence-electron chi connectivity index (χ4n) is 3.73. The van der Waals surface area contributed by atoms with Gasteiger partial charge in [-0.25, -0.2) is 0 Å². The number of hydrogen-bond acceptors (Lipinski definition) is 7. The zero-order valence-corrected chi connectivity index (χ0v) is 17.7. The molecule has 0 amide bonds. The number of ether oxygens (including phenoxy) is 1.